The summed E-state index contributed by atoms with van der Waals surface area (Å²) in [5.74, 6) is -0.0272. The maximum atomic E-state index is 12.5. The highest BCUT2D eigenvalue weighted by molar-refractivity contribution is 7.89. The average molecular weight is 315 g/mol. The zero-order valence-electron chi connectivity index (χ0n) is 10.6. The van der Waals surface area contributed by atoms with Gasteiger partial charge in [0.15, 0.2) is 0 Å². The highest BCUT2D eigenvalue weighted by atomic mass is 32.2. The molecule has 1 aromatic carbocycles. The van der Waals surface area contributed by atoms with Gasteiger partial charge in [-0.25, -0.2) is 12.7 Å². The van der Waals surface area contributed by atoms with E-state index in [0.717, 1.165) is 15.7 Å². The Morgan fingerprint density at radius 3 is 2.95 bits per heavy atom. The molecule has 0 radical (unpaired) electrons. The standard InChI is InChI=1S/C10H13N5O3S2/c1-15(6-5-9(11)12-16)20(17,18)8-4-2-3-7-10(8)14-19-13-7/h2-4,16H,5-6H2,1H3,(H2,11,12). The number of nitrogens with two attached hydrogens (primary N) is 1. The Kier molecular flexibility index (Phi) is 4.16. The highest BCUT2D eigenvalue weighted by Gasteiger charge is 2.26. The Morgan fingerprint density at radius 2 is 2.25 bits per heavy atom. The van der Waals surface area contributed by atoms with E-state index in [1.807, 2.05) is 0 Å². The van der Waals surface area contributed by atoms with Crippen LogP contribution >= 0.6 is 0 Å². The van der Waals surface area contributed by atoms with Crippen LogP contribution in [0.25, 0.3) is 0 Å². The van der Waals surface area contributed by atoms with E-state index in [2.05, 4.69) is 13.9 Å². The van der Waals surface area contributed by atoms with Gasteiger partial charge < -0.3 is 10.9 Å². The van der Waals surface area contributed by atoms with Crippen molar-refractivity contribution < 1.29 is 13.6 Å². The Bertz CT molecular complexity index is 722. The van der Waals surface area contributed by atoms with Crippen molar-refractivity contribution >= 4 is 38.6 Å². The molecule has 0 aliphatic carbocycles. The molecular formula is C10H13N5O3S2. The Hall–Kier alpha value is -1.78. The summed E-state index contributed by atoms with van der Waals surface area (Å²) in [7, 11) is -2.26. The molecule has 1 heterocycles. The van der Waals surface area contributed by atoms with Crippen molar-refractivity contribution in [2.75, 3.05) is 13.6 Å². The van der Waals surface area contributed by atoms with Gasteiger partial charge in [0.2, 0.25) is 10.0 Å². The van der Waals surface area contributed by atoms with Crippen molar-refractivity contribution in [3.05, 3.63) is 18.2 Å². The molecule has 0 aromatic heterocycles. The number of sulfonamides is 1. The van der Waals surface area contributed by atoms with Crippen LogP contribution in [-0.2, 0) is 21.4 Å². The summed E-state index contributed by atoms with van der Waals surface area (Å²) < 4.78 is 34.1. The molecular weight excluding hydrogens is 302 g/mol. The fraction of sp³-hybridized carbons (Fsp3) is 0.300. The summed E-state index contributed by atoms with van der Waals surface area (Å²) in [5, 5.41) is 11.3. The molecule has 0 atom stereocenters. The van der Waals surface area contributed by atoms with E-state index in [1.165, 1.54) is 13.1 Å². The molecule has 0 saturated heterocycles. The van der Waals surface area contributed by atoms with Crippen LogP contribution in [0.3, 0.4) is 0 Å². The number of amidine groups is 1. The van der Waals surface area contributed by atoms with Crippen molar-refractivity contribution in [1.82, 2.24) is 4.31 Å². The molecule has 0 fully saturated rings. The van der Waals surface area contributed by atoms with Crippen LogP contribution in [0.2, 0.25) is 0 Å². The quantitative estimate of drug-likeness (QED) is 0.372. The van der Waals surface area contributed by atoms with Crippen molar-refractivity contribution in [3.63, 3.8) is 0 Å². The number of rotatable bonds is 5. The molecule has 3 N–H and O–H groups in total. The first-order chi connectivity index (χ1) is 9.46. The Balaban J connectivity index is 2.28. The minimum atomic E-state index is -3.69. The van der Waals surface area contributed by atoms with E-state index >= 15 is 0 Å². The topological polar surface area (TPSA) is 121 Å². The predicted octanol–water partition coefficient (Wildman–Crippen LogP) is 1.17. The van der Waals surface area contributed by atoms with Crippen LogP contribution in [0.15, 0.2) is 37.0 Å². The third kappa shape index (κ3) is 2.71. The Morgan fingerprint density at radius 1 is 1.50 bits per heavy atom. The van der Waals surface area contributed by atoms with E-state index in [-0.39, 0.29) is 23.7 Å². The normalized spacial score (nSPS) is 14.4. The van der Waals surface area contributed by atoms with Gasteiger partial charge in [-0.3, -0.25) is 0 Å². The van der Waals surface area contributed by atoms with Gasteiger partial charge in [-0.2, -0.15) is 8.73 Å². The largest absolute Gasteiger partial charge is 0.409 e. The molecule has 0 saturated carbocycles. The SMILES string of the molecule is CN(CC/C(N)=N/O)S(=O)(=O)c1cccc2c1N=S=N2. The van der Waals surface area contributed by atoms with Crippen LogP contribution in [0.5, 0.6) is 0 Å². The van der Waals surface area contributed by atoms with Crippen molar-refractivity contribution in [2.24, 2.45) is 19.6 Å². The molecule has 8 nitrogen and oxygen atoms in total. The molecule has 20 heavy (non-hydrogen) atoms. The van der Waals surface area contributed by atoms with E-state index < -0.39 is 10.0 Å². The first kappa shape index (κ1) is 14.6. The molecule has 10 heteroatoms. The number of hydrogen-bond acceptors (Lipinski definition) is 6. The van der Waals surface area contributed by atoms with E-state index in [4.69, 9.17) is 10.9 Å². The average Bonchev–Trinajstić information content (AvgIpc) is 2.92. The zero-order valence-corrected chi connectivity index (χ0v) is 12.2. The smallest absolute Gasteiger partial charge is 0.245 e. The van der Waals surface area contributed by atoms with Crippen molar-refractivity contribution in [1.29, 1.82) is 0 Å². The summed E-state index contributed by atoms with van der Waals surface area (Å²) in [6.07, 6.45) is 0.136. The van der Waals surface area contributed by atoms with Gasteiger partial charge in [-0.1, -0.05) is 11.2 Å². The molecule has 1 aromatic rings. The van der Waals surface area contributed by atoms with Crippen LogP contribution in [0.4, 0.5) is 11.4 Å². The van der Waals surface area contributed by atoms with E-state index in [9.17, 15) is 8.42 Å². The molecule has 1 aliphatic rings. The summed E-state index contributed by atoms with van der Waals surface area (Å²) in [4.78, 5) is 0.103. The van der Waals surface area contributed by atoms with Gasteiger partial charge in [0.25, 0.3) is 0 Å². The number of oxime groups is 1. The van der Waals surface area contributed by atoms with Crippen molar-refractivity contribution in [2.45, 2.75) is 11.3 Å². The van der Waals surface area contributed by atoms with Crippen LogP contribution < -0.4 is 5.73 Å². The van der Waals surface area contributed by atoms with Gasteiger partial charge in [0, 0.05) is 20.0 Å². The molecule has 0 unspecified atom stereocenters. The van der Waals surface area contributed by atoms with Crippen LogP contribution in [0.1, 0.15) is 6.42 Å². The monoisotopic (exact) mass is 315 g/mol. The van der Waals surface area contributed by atoms with Gasteiger partial charge in [0.1, 0.15) is 22.1 Å². The second-order valence-electron chi connectivity index (χ2n) is 4.06. The third-order valence-electron chi connectivity index (χ3n) is 2.75. The summed E-state index contributed by atoms with van der Waals surface area (Å²) >= 11 is 0.962. The second-order valence-corrected chi connectivity index (χ2v) is 6.60. The predicted molar refractivity (Wildman–Crippen MR) is 75.8 cm³/mol. The third-order valence-corrected chi connectivity index (χ3v) is 5.18. The highest BCUT2D eigenvalue weighted by Crippen LogP contribution is 2.38. The molecule has 0 spiro atoms. The minimum absolute atomic E-state index is 0.0272. The number of nitrogens with zero attached hydrogens (tertiary/aromatic N) is 4. The van der Waals surface area contributed by atoms with E-state index in [1.54, 1.807) is 12.1 Å². The maximum Gasteiger partial charge on any atom is 0.245 e. The van der Waals surface area contributed by atoms with Gasteiger partial charge >= 0.3 is 0 Å². The lowest BCUT2D eigenvalue weighted by Crippen LogP contribution is -2.30. The minimum Gasteiger partial charge on any atom is -0.409 e. The summed E-state index contributed by atoms with van der Waals surface area (Å²) in [5.41, 5.74) is 6.23. The van der Waals surface area contributed by atoms with Gasteiger partial charge in [-0.15, -0.1) is 0 Å². The van der Waals surface area contributed by atoms with Gasteiger partial charge in [-0.05, 0) is 12.1 Å². The summed E-state index contributed by atoms with van der Waals surface area (Å²) in [6, 6.07) is 4.81. The lowest BCUT2D eigenvalue weighted by atomic mass is 10.3. The lowest BCUT2D eigenvalue weighted by Gasteiger charge is -2.17. The molecule has 0 amide bonds. The lowest BCUT2D eigenvalue weighted by molar-refractivity contribution is 0.316. The molecule has 108 valence electrons. The number of fused-ring (bicyclic) bond motifs is 1. The van der Waals surface area contributed by atoms with Crippen molar-refractivity contribution in [3.8, 4) is 0 Å². The maximum absolute atomic E-state index is 12.5. The summed E-state index contributed by atoms with van der Waals surface area (Å²) in [6.45, 7) is 0.103. The molecule has 2 rings (SSSR count). The molecule has 1 aliphatic heterocycles. The fourth-order valence-corrected chi connectivity index (χ4v) is 3.52. The number of benzene rings is 1. The zero-order chi connectivity index (χ0) is 14.8. The first-order valence-electron chi connectivity index (χ1n) is 5.61. The second kappa shape index (κ2) is 5.69. The Labute approximate surface area is 119 Å². The van der Waals surface area contributed by atoms with Crippen LogP contribution in [-0.4, -0.2) is 37.4 Å². The van der Waals surface area contributed by atoms with Gasteiger partial charge in [0.05, 0.1) is 11.4 Å². The number of hydrogen-bond donors (Lipinski definition) is 2. The first-order valence-corrected chi connectivity index (χ1v) is 7.78. The fourth-order valence-electron chi connectivity index (χ4n) is 1.60. The molecule has 0 bridgehead atoms. The van der Waals surface area contributed by atoms with Crippen LogP contribution in [0, 0.1) is 0 Å². The van der Waals surface area contributed by atoms with E-state index in [0.29, 0.717) is 11.4 Å².